The van der Waals surface area contributed by atoms with Gasteiger partial charge in [0.25, 0.3) is 5.91 Å². The summed E-state index contributed by atoms with van der Waals surface area (Å²) < 4.78 is 0. The van der Waals surface area contributed by atoms with Gasteiger partial charge < -0.3 is 0 Å². The van der Waals surface area contributed by atoms with Gasteiger partial charge in [0.15, 0.2) is 0 Å². The first-order valence-electron chi connectivity index (χ1n) is 7.20. The first-order valence-corrected chi connectivity index (χ1v) is 8.25. The lowest BCUT2D eigenvalue weighted by atomic mass is 10.2. The molecule has 1 atom stereocenters. The Morgan fingerprint density at radius 2 is 2.00 bits per heavy atom. The summed E-state index contributed by atoms with van der Waals surface area (Å²) in [6, 6.07) is 18.1. The third kappa shape index (κ3) is 5.37. The van der Waals surface area contributed by atoms with Crippen molar-refractivity contribution in [2.45, 2.75) is 24.9 Å². The molecule has 0 heterocycles. The number of nitrogens with one attached hydrogen (secondary N) is 1. The van der Waals surface area contributed by atoms with E-state index in [9.17, 15) is 4.79 Å². The van der Waals surface area contributed by atoms with E-state index in [1.807, 2.05) is 56.3 Å². The molecule has 4 heteroatoms. The maximum absolute atomic E-state index is 12.0. The van der Waals surface area contributed by atoms with Crippen LogP contribution in [0.5, 0.6) is 0 Å². The highest BCUT2D eigenvalue weighted by Gasteiger charge is 2.12. The van der Waals surface area contributed by atoms with Gasteiger partial charge in [-0.2, -0.15) is 5.10 Å². The average Bonchev–Trinajstić information content (AvgIpc) is 2.53. The number of nitrogens with zero attached hydrogens (tertiary/aromatic N) is 1. The van der Waals surface area contributed by atoms with Gasteiger partial charge in [0.2, 0.25) is 0 Å². The Balaban J connectivity index is 1.79. The number of hydrazone groups is 1. The van der Waals surface area contributed by atoms with Crippen LogP contribution in [0.15, 0.2) is 59.7 Å². The van der Waals surface area contributed by atoms with E-state index in [4.69, 9.17) is 0 Å². The number of hydrogen-bond donors (Lipinski definition) is 1. The van der Waals surface area contributed by atoms with Crippen LogP contribution in [-0.4, -0.2) is 17.4 Å². The second-order valence-corrected chi connectivity index (χ2v) is 6.42. The molecule has 0 spiro atoms. The third-order valence-electron chi connectivity index (χ3n) is 3.14. The van der Waals surface area contributed by atoms with E-state index in [1.54, 1.807) is 18.0 Å². The molecule has 0 saturated heterocycles. The Morgan fingerprint density at radius 1 is 1.23 bits per heavy atom. The van der Waals surface area contributed by atoms with Crippen molar-refractivity contribution in [3.05, 3.63) is 71.3 Å². The smallest absolute Gasteiger partial charge is 0.252 e. The van der Waals surface area contributed by atoms with Gasteiger partial charge in [-0.05, 0) is 25.0 Å². The van der Waals surface area contributed by atoms with E-state index in [0.29, 0.717) is 0 Å². The Kier molecular flexibility index (Phi) is 6.22. The molecule has 2 aromatic carbocycles. The average molecular weight is 312 g/mol. The largest absolute Gasteiger partial charge is 0.272 e. The van der Waals surface area contributed by atoms with E-state index in [-0.39, 0.29) is 11.2 Å². The van der Waals surface area contributed by atoms with Crippen LogP contribution in [0, 0.1) is 6.92 Å². The van der Waals surface area contributed by atoms with Crippen molar-refractivity contribution < 1.29 is 4.79 Å². The summed E-state index contributed by atoms with van der Waals surface area (Å²) in [6.07, 6.45) is 1.67. The highest BCUT2D eigenvalue weighted by molar-refractivity contribution is 7.99. The van der Waals surface area contributed by atoms with Crippen LogP contribution >= 0.6 is 11.8 Å². The lowest BCUT2D eigenvalue weighted by molar-refractivity contribution is -0.120. The molecule has 0 aliphatic carbocycles. The quantitative estimate of drug-likeness (QED) is 0.651. The monoisotopic (exact) mass is 312 g/mol. The molecular weight excluding hydrogens is 292 g/mol. The van der Waals surface area contributed by atoms with Crippen molar-refractivity contribution >= 4 is 23.9 Å². The molecule has 0 radical (unpaired) electrons. The second kappa shape index (κ2) is 8.39. The highest BCUT2D eigenvalue weighted by Crippen LogP contribution is 2.17. The van der Waals surface area contributed by atoms with Gasteiger partial charge in [-0.3, -0.25) is 4.79 Å². The van der Waals surface area contributed by atoms with Crippen LogP contribution in [0.25, 0.3) is 0 Å². The number of hydrogen-bond acceptors (Lipinski definition) is 3. The summed E-state index contributed by atoms with van der Waals surface area (Å²) in [5.74, 6) is 0.738. The Morgan fingerprint density at radius 3 is 2.73 bits per heavy atom. The number of thioether (sulfide) groups is 1. The fraction of sp³-hybridized carbons (Fsp3) is 0.222. The van der Waals surface area contributed by atoms with Crippen LogP contribution in [0.3, 0.4) is 0 Å². The minimum Gasteiger partial charge on any atom is -0.272 e. The number of amides is 1. The Labute approximate surface area is 135 Å². The summed E-state index contributed by atoms with van der Waals surface area (Å²) in [7, 11) is 0. The van der Waals surface area contributed by atoms with Gasteiger partial charge in [0.05, 0.1) is 11.5 Å². The van der Waals surface area contributed by atoms with E-state index < -0.39 is 0 Å². The van der Waals surface area contributed by atoms with Crippen LogP contribution in [0.4, 0.5) is 0 Å². The van der Waals surface area contributed by atoms with E-state index in [1.165, 1.54) is 11.1 Å². The summed E-state index contributed by atoms with van der Waals surface area (Å²) >= 11 is 1.60. The first-order chi connectivity index (χ1) is 10.6. The highest BCUT2D eigenvalue weighted by atomic mass is 32.2. The molecule has 3 nitrogen and oxygen atoms in total. The van der Waals surface area contributed by atoms with Gasteiger partial charge in [0.1, 0.15) is 0 Å². The topological polar surface area (TPSA) is 41.5 Å². The van der Waals surface area contributed by atoms with Crippen molar-refractivity contribution in [3.8, 4) is 0 Å². The lowest BCUT2D eigenvalue weighted by Crippen LogP contribution is -2.26. The molecule has 2 aromatic rings. The molecule has 1 amide bonds. The van der Waals surface area contributed by atoms with Crippen molar-refractivity contribution in [2.75, 3.05) is 0 Å². The van der Waals surface area contributed by atoms with Crippen LogP contribution in [0.1, 0.15) is 23.6 Å². The normalized spacial score (nSPS) is 12.3. The van der Waals surface area contributed by atoms with Gasteiger partial charge >= 0.3 is 0 Å². The Hall–Kier alpha value is -2.07. The maximum atomic E-state index is 12.0. The second-order valence-electron chi connectivity index (χ2n) is 5.09. The molecule has 0 unspecified atom stereocenters. The van der Waals surface area contributed by atoms with Crippen LogP contribution < -0.4 is 5.43 Å². The summed E-state index contributed by atoms with van der Waals surface area (Å²) in [6.45, 7) is 3.92. The maximum Gasteiger partial charge on any atom is 0.252 e. The summed E-state index contributed by atoms with van der Waals surface area (Å²) in [5, 5.41) is 3.88. The van der Waals surface area contributed by atoms with E-state index in [2.05, 4.69) is 22.7 Å². The van der Waals surface area contributed by atoms with Crippen molar-refractivity contribution in [3.63, 3.8) is 0 Å². The summed E-state index contributed by atoms with van der Waals surface area (Å²) in [4.78, 5) is 12.0. The van der Waals surface area contributed by atoms with Crippen LogP contribution in [0.2, 0.25) is 0 Å². The number of aryl methyl sites for hydroxylation is 1. The van der Waals surface area contributed by atoms with Crippen LogP contribution in [-0.2, 0) is 10.5 Å². The number of carbonyl (C=O) groups is 1. The predicted octanol–water partition coefficient (Wildman–Crippen LogP) is 3.77. The molecule has 114 valence electrons. The van der Waals surface area contributed by atoms with Crippen molar-refractivity contribution in [2.24, 2.45) is 5.10 Å². The number of carbonyl (C=O) groups excluding carboxylic acids is 1. The molecular formula is C18H20N2OS. The van der Waals surface area contributed by atoms with Crippen molar-refractivity contribution in [1.82, 2.24) is 5.43 Å². The van der Waals surface area contributed by atoms with Gasteiger partial charge in [-0.25, -0.2) is 5.43 Å². The molecule has 0 aliphatic rings. The van der Waals surface area contributed by atoms with Crippen molar-refractivity contribution in [1.29, 1.82) is 0 Å². The fourth-order valence-corrected chi connectivity index (χ4v) is 2.72. The van der Waals surface area contributed by atoms with E-state index in [0.717, 1.165) is 11.3 Å². The zero-order chi connectivity index (χ0) is 15.8. The number of rotatable bonds is 6. The van der Waals surface area contributed by atoms with E-state index >= 15 is 0 Å². The SMILES string of the molecule is Cc1cccc(/C=N\NC(=O)[C@@H](C)SCc2ccccc2)c1. The lowest BCUT2D eigenvalue weighted by Gasteiger charge is -2.09. The standard InChI is InChI=1S/C18H20N2OS/c1-14-7-6-10-17(11-14)12-19-20-18(21)15(2)22-13-16-8-4-3-5-9-16/h3-12,15H,13H2,1-2H3,(H,20,21)/b19-12-/t15-/m1/s1. The predicted molar refractivity (Wildman–Crippen MR) is 94.1 cm³/mol. The van der Waals surface area contributed by atoms with Gasteiger partial charge in [0, 0.05) is 5.75 Å². The zero-order valence-corrected chi connectivity index (χ0v) is 13.6. The minimum atomic E-state index is -0.144. The summed E-state index contributed by atoms with van der Waals surface area (Å²) in [5.41, 5.74) is 5.96. The molecule has 22 heavy (non-hydrogen) atoms. The molecule has 1 N–H and O–H groups in total. The molecule has 0 saturated carbocycles. The minimum absolute atomic E-state index is 0.0789. The zero-order valence-electron chi connectivity index (χ0n) is 12.8. The molecule has 0 fully saturated rings. The van der Waals surface area contributed by atoms with Gasteiger partial charge in [-0.1, -0.05) is 60.2 Å². The number of benzene rings is 2. The molecule has 2 rings (SSSR count). The molecule has 0 aromatic heterocycles. The van der Waals surface area contributed by atoms with Gasteiger partial charge in [-0.15, -0.1) is 11.8 Å². The Bertz CT molecular complexity index is 641. The molecule has 0 bridgehead atoms. The molecule has 0 aliphatic heterocycles. The first kappa shape index (κ1) is 16.3. The third-order valence-corrected chi connectivity index (χ3v) is 4.36. The fourth-order valence-electron chi connectivity index (χ4n) is 1.88.